The largest absolute Gasteiger partial charge is 0.206 e. The third-order valence-electron chi connectivity index (χ3n) is 6.30. The van der Waals surface area contributed by atoms with E-state index in [2.05, 4.69) is 31.2 Å². The summed E-state index contributed by atoms with van der Waals surface area (Å²) >= 11 is 0. The van der Waals surface area contributed by atoms with Gasteiger partial charge in [0.05, 0.1) is 0 Å². The van der Waals surface area contributed by atoms with E-state index in [1.165, 1.54) is 36.5 Å². The minimum Gasteiger partial charge on any atom is -0.206 e. The normalized spacial score (nSPS) is 15.8. The molecule has 0 spiro atoms. The molecule has 0 aliphatic heterocycles. The van der Waals surface area contributed by atoms with Crippen molar-refractivity contribution in [2.24, 2.45) is 0 Å². The fourth-order valence-corrected chi connectivity index (χ4v) is 4.52. The van der Waals surface area contributed by atoms with Crippen molar-refractivity contribution >= 4 is 0 Å². The van der Waals surface area contributed by atoms with E-state index in [0.29, 0.717) is 29.0 Å². The van der Waals surface area contributed by atoms with Crippen molar-refractivity contribution in [3.05, 3.63) is 94.3 Å². The summed E-state index contributed by atoms with van der Waals surface area (Å²) < 4.78 is 42.0. The first kappa shape index (κ1) is 20.7. The van der Waals surface area contributed by atoms with E-state index in [9.17, 15) is 8.78 Å². The quantitative estimate of drug-likeness (QED) is 0.365. The summed E-state index contributed by atoms with van der Waals surface area (Å²) in [6.07, 6.45) is 7.19. The third-order valence-corrected chi connectivity index (χ3v) is 6.30. The highest BCUT2D eigenvalue weighted by molar-refractivity contribution is 5.66. The van der Waals surface area contributed by atoms with Gasteiger partial charge in [-0.05, 0) is 78.0 Å². The lowest BCUT2D eigenvalue weighted by Gasteiger charge is -2.26. The summed E-state index contributed by atoms with van der Waals surface area (Å²) in [4.78, 5) is 0. The van der Waals surface area contributed by atoms with E-state index in [4.69, 9.17) is 0 Å². The van der Waals surface area contributed by atoms with Crippen molar-refractivity contribution < 1.29 is 13.2 Å². The second-order valence-electron chi connectivity index (χ2n) is 8.33. The zero-order valence-corrected chi connectivity index (χ0v) is 17.4. The van der Waals surface area contributed by atoms with Gasteiger partial charge in [0.15, 0.2) is 11.6 Å². The predicted octanol–water partition coefficient (Wildman–Crippen LogP) is 7.78. The van der Waals surface area contributed by atoms with Gasteiger partial charge in [-0.1, -0.05) is 62.2 Å². The van der Waals surface area contributed by atoms with Gasteiger partial charge in [-0.15, -0.1) is 0 Å². The molecule has 3 heteroatoms. The molecule has 1 aliphatic carbocycles. The van der Waals surface area contributed by atoms with Crippen LogP contribution in [0.4, 0.5) is 13.2 Å². The van der Waals surface area contributed by atoms with Crippen LogP contribution < -0.4 is 0 Å². The van der Waals surface area contributed by atoms with Crippen molar-refractivity contribution in [3.8, 4) is 11.1 Å². The molecule has 156 valence electrons. The van der Waals surface area contributed by atoms with Crippen LogP contribution in [0.2, 0.25) is 0 Å². The molecule has 0 radical (unpaired) electrons. The summed E-state index contributed by atoms with van der Waals surface area (Å²) in [7, 11) is 0. The molecule has 3 aromatic carbocycles. The summed E-state index contributed by atoms with van der Waals surface area (Å²) in [6, 6.07) is 16.1. The van der Waals surface area contributed by atoms with Crippen molar-refractivity contribution in [2.75, 3.05) is 0 Å². The molecule has 30 heavy (non-hydrogen) atoms. The molecular weight excluding hydrogens is 381 g/mol. The Morgan fingerprint density at radius 1 is 0.867 bits per heavy atom. The molecule has 0 heterocycles. The number of rotatable bonds is 6. The molecule has 1 aliphatic rings. The van der Waals surface area contributed by atoms with Gasteiger partial charge in [-0.3, -0.25) is 0 Å². The highest BCUT2D eigenvalue weighted by Crippen LogP contribution is 2.37. The minimum atomic E-state index is -0.956. The summed E-state index contributed by atoms with van der Waals surface area (Å²) in [5.74, 6) is -1.79. The Balaban J connectivity index is 1.52. The lowest BCUT2D eigenvalue weighted by molar-refractivity contribution is 0.508. The molecule has 0 aromatic heterocycles. The molecule has 0 saturated heterocycles. The van der Waals surface area contributed by atoms with Crippen LogP contribution in [0.3, 0.4) is 0 Å². The Hall–Kier alpha value is -2.55. The van der Waals surface area contributed by atoms with Gasteiger partial charge in [0.25, 0.3) is 0 Å². The van der Waals surface area contributed by atoms with Gasteiger partial charge in [0, 0.05) is 5.56 Å². The zero-order valence-electron chi connectivity index (χ0n) is 17.4. The minimum absolute atomic E-state index is 0.303. The number of fused-ring (bicyclic) bond motifs is 1. The fourth-order valence-electron chi connectivity index (χ4n) is 4.52. The van der Waals surface area contributed by atoms with E-state index in [1.54, 1.807) is 6.07 Å². The number of hydrogen-bond donors (Lipinski definition) is 0. The van der Waals surface area contributed by atoms with Crippen molar-refractivity contribution in [1.82, 2.24) is 0 Å². The van der Waals surface area contributed by atoms with E-state index in [0.717, 1.165) is 37.0 Å². The number of aryl methyl sites for hydroxylation is 1. The fraction of sp³-hybridized carbons (Fsp3) is 0.333. The number of unbranched alkanes of at least 4 members (excludes halogenated alkanes) is 2. The second-order valence-corrected chi connectivity index (χ2v) is 8.33. The maximum atomic E-state index is 15.2. The first-order valence-electron chi connectivity index (χ1n) is 10.9. The van der Waals surface area contributed by atoms with Crippen molar-refractivity contribution in [1.29, 1.82) is 0 Å². The molecule has 0 saturated carbocycles. The van der Waals surface area contributed by atoms with Crippen molar-refractivity contribution in [3.63, 3.8) is 0 Å². The van der Waals surface area contributed by atoms with Crippen LogP contribution in [0.5, 0.6) is 0 Å². The molecule has 0 fully saturated rings. The lowest BCUT2D eigenvalue weighted by Crippen LogP contribution is -2.15. The topological polar surface area (TPSA) is 0 Å². The molecule has 0 amide bonds. The van der Waals surface area contributed by atoms with Crippen LogP contribution in [-0.4, -0.2) is 0 Å². The maximum Gasteiger partial charge on any atom is 0.159 e. The number of halogens is 3. The number of benzene rings is 3. The summed E-state index contributed by atoms with van der Waals surface area (Å²) in [5, 5.41) is 0. The molecule has 3 aromatic rings. The maximum absolute atomic E-state index is 15.2. The van der Waals surface area contributed by atoms with Crippen LogP contribution in [-0.2, 0) is 19.3 Å². The molecule has 0 N–H and O–H groups in total. The Labute approximate surface area is 176 Å². The first-order valence-corrected chi connectivity index (χ1v) is 10.9. The van der Waals surface area contributed by atoms with E-state index < -0.39 is 11.6 Å². The number of hydrogen-bond acceptors (Lipinski definition) is 0. The van der Waals surface area contributed by atoms with Gasteiger partial charge in [-0.25, -0.2) is 13.2 Å². The van der Waals surface area contributed by atoms with E-state index >= 15 is 4.39 Å². The highest BCUT2D eigenvalue weighted by atomic mass is 19.2. The van der Waals surface area contributed by atoms with Gasteiger partial charge in [0.2, 0.25) is 0 Å². The Kier molecular flexibility index (Phi) is 6.26. The molecular formula is C27H27F3. The van der Waals surface area contributed by atoms with Crippen molar-refractivity contribution in [2.45, 2.75) is 57.8 Å². The van der Waals surface area contributed by atoms with Crippen LogP contribution in [0.15, 0.2) is 54.6 Å². The molecule has 0 bridgehead atoms. The van der Waals surface area contributed by atoms with Crippen LogP contribution in [0, 0.1) is 17.5 Å². The monoisotopic (exact) mass is 408 g/mol. The average molecular weight is 409 g/mol. The van der Waals surface area contributed by atoms with Crippen LogP contribution >= 0.6 is 0 Å². The lowest BCUT2D eigenvalue weighted by atomic mass is 9.79. The smallest absolute Gasteiger partial charge is 0.159 e. The Bertz CT molecular complexity index is 1020. The van der Waals surface area contributed by atoms with Crippen LogP contribution in [0.1, 0.15) is 60.8 Å². The molecule has 0 nitrogen and oxygen atoms in total. The van der Waals surface area contributed by atoms with Gasteiger partial charge >= 0.3 is 0 Å². The first-order chi connectivity index (χ1) is 14.6. The molecule has 1 atom stereocenters. The highest BCUT2D eigenvalue weighted by Gasteiger charge is 2.24. The van der Waals surface area contributed by atoms with Crippen LogP contribution in [0.25, 0.3) is 11.1 Å². The van der Waals surface area contributed by atoms with Gasteiger partial charge in [-0.2, -0.15) is 0 Å². The standard InChI is InChI=1S/C27H27F3/c1-2-3-4-5-18-6-8-19(9-7-18)20-10-13-23-21(16-20)11-14-24(27(23)30)22-12-15-25(28)26(29)17-22/h6-9,11-12,14-15,17,20H,2-5,10,13,16H2,1H3. The zero-order chi connectivity index (χ0) is 21.1. The van der Waals surface area contributed by atoms with Gasteiger partial charge < -0.3 is 0 Å². The Morgan fingerprint density at radius 2 is 1.67 bits per heavy atom. The summed E-state index contributed by atoms with van der Waals surface area (Å²) in [5.41, 5.74) is 5.12. The molecule has 1 unspecified atom stereocenters. The van der Waals surface area contributed by atoms with Gasteiger partial charge in [0.1, 0.15) is 5.82 Å². The average Bonchev–Trinajstić information content (AvgIpc) is 2.76. The third kappa shape index (κ3) is 4.30. The molecule has 4 rings (SSSR count). The second kappa shape index (κ2) is 9.07. The summed E-state index contributed by atoms with van der Waals surface area (Å²) in [6.45, 7) is 2.22. The predicted molar refractivity (Wildman–Crippen MR) is 116 cm³/mol. The van der Waals surface area contributed by atoms with E-state index in [-0.39, 0.29) is 5.82 Å². The SMILES string of the molecule is CCCCCc1ccc(C2CCc3c(ccc(-c4ccc(F)c(F)c4)c3F)C2)cc1. The Morgan fingerprint density at radius 3 is 2.40 bits per heavy atom. The van der Waals surface area contributed by atoms with E-state index in [1.807, 2.05) is 6.07 Å².